The van der Waals surface area contributed by atoms with E-state index in [9.17, 15) is 18.0 Å². The molecule has 2 rings (SSSR count). The Kier molecular flexibility index (Phi) is 6.22. The molecule has 25 heavy (non-hydrogen) atoms. The molecule has 2 aromatic rings. The molecule has 0 saturated carbocycles. The van der Waals surface area contributed by atoms with Crippen molar-refractivity contribution in [3.63, 3.8) is 0 Å². The van der Waals surface area contributed by atoms with Crippen LogP contribution in [0, 0.1) is 6.92 Å². The largest absolute Gasteiger partial charge is 0.441 e. The molecule has 1 aromatic heterocycles. The highest BCUT2D eigenvalue weighted by Crippen LogP contribution is 2.22. The molecule has 1 heterocycles. The number of alkyl halides is 3. The Morgan fingerprint density at radius 1 is 1.24 bits per heavy atom. The van der Waals surface area contributed by atoms with Gasteiger partial charge in [0.2, 0.25) is 5.91 Å². The second-order valence-electron chi connectivity index (χ2n) is 5.82. The molecule has 0 atom stereocenters. The Labute approximate surface area is 144 Å². The van der Waals surface area contributed by atoms with Crippen molar-refractivity contribution in [2.75, 3.05) is 13.1 Å². The van der Waals surface area contributed by atoms with E-state index >= 15 is 0 Å². The van der Waals surface area contributed by atoms with Crippen LogP contribution in [-0.4, -0.2) is 35.1 Å². The zero-order chi connectivity index (χ0) is 18.4. The van der Waals surface area contributed by atoms with E-state index in [1.54, 1.807) is 13.1 Å². The van der Waals surface area contributed by atoms with Crippen molar-refractivity contribution < 1.29 is 22.4 Å². The van der Waals surface area contributed by atoms with Gasteiger partial charge in [-0.3, -0.25) is 4.79 Å². The lowest BCUT2D eigenvalue weighted by Gasteiger charge is -2.21. The number of nitrogens with zero attached hydrogens (tertiary/aromatic N) is 2. The molecule has 0 spiro atoms. The molecule has 0 saturated heterocycles. The summed E-state index contributed by atoms with van der Waals surface area (Å²) in [6.45, 7) is 3.57. The van der Waals surface area contributed by atoms with E-state index < -0.39 is 12.6 Å². The average Bonchev–Trinajstić information content (AvgIpc) is 3.02. The van der Waals surface area contributed by atoms with Gasteiger partial charge in [-0.2, -0.15) is 13.2 Å². The van der Waals surface area contributed by atoms with Crippen molar-refractivity contribution in [1.82, 2.24) is 9.88 Å². The Balaban J connectivity index is 1.90. The number of aryl methyl sites for hydroxylation is 2. The lowest BCUT2D eigenvalue weighted by molar-refractivity contribution is -0.145. The van der Waals surface area contributed by atoms with Crippen molar-refractivity contribution in [2.24, 2.45) is 0 Å². The van der Waals surface area contributed by atoms with Crippen LogP contribution in [-0.2, 0) is 11.2 Å². The lowest BCUT2D eigenvalue weighted by atomic mass is 10.1. The minimum absolute atomic E-state index is 0.0690. The van der Waals surface area contributed by atoms with Crippen LogP contribution in [0.15, 0.2) is 34.9 Å². The number of rotatable bonds is 7. The Morgan fingerprint density at radius 2 is 1.92 bits per heavy atom. The van der Waals surface area contributed by atoms with E-state index in [1.807, 2.05) is 31.2 Å². The third-order valence-corrected chi connectivity index (χ3v) is 3.84. The molecule has 7 heteroatoms. The maximum atomic E-state index is 12.3. The molecule has 0 aliphatic carbocycles. The third-order valence-electron chi connectivity index (χ3n) is 3.84. The molecule has 0 radical (unpaired) electrons. The van der Waals surface area contributed by atoms with E-state index in [1.165, 1.54) is 4.90 Å². The number of hydrogen-bond donors (Lipinski definition) is 0. The van der Waals surface area contributed by atoms with Gasteiger partial charge in [-0.05, 0) is 13.8 Å². The number of hydrogen-bond acceptors (Lipinski definition) is 3. The van der Waals surface area contributed by atoms with E-state index in [-0.39, 0.29) is 31.8 Å². The number of oxazole rings is 1. The molecule has 136 valence electrons. The Morgan fingerprint density at radius 3 is 2.52 bits per heavy atom. The Hall–Kier alpha value is -2.31. The molecule has 0 unspecified atom stereocenters. The molecule has 1 amide bonds. The van der Waals surface area contributed by atoms with Crippen LogP contribution in [0.5, 0.6) is 0 Å². The summed E-state index contributed by atoms with van der Waals surface area (Å²) in [5, 5.41) is 0. The predicted octanol–water partition coefficient (Wildman–Crippen LogP) is 4.38. The summed E-state index contributed by atoms with van der Waals surface area (Å²) in [4.78, 5) is 17.4. The summed E-state index contributed by atoms with van der Waals surface area (Å²) in [5.74, 6) is 0.671. The molecule has 0 fully saturated rings. The van der Waals surface area contributed by atoms with Gasteiger partial charge in [0.05, 0.1) is 12.6 Å². The molecule has 0 bridgehead atoms. The van der Waals surface area contributed by atoms with Crippen LogP contribution in [0.4, 0.5) is 13.2 Å². The van der Waals surface area contributed by atoms with Gasteiger partial charge in [0, 0.05) is 31.5 Å². The van der Waals surface area contributed by atoms with Gasteiger partial charge in [0.15, 0.2) is 11.7 Å². The first kappa shape index (κ1) is 19.0. The van der Waals surface area contributed by atoms with Crippen molar-refractivity contribution in [3.8, 4) is 11.3 Å². The minimum atomic E-state index is -4.26. The van der Waals surface area contributed by atoms with E-state index in [0.717, 1.165) is 11.1 Å². The molecular weight excluding hydrogens is 333 g/mol. The number of carbonyl (C=O) groups excluding carboxylic acids is 1. The molecule has 0 aliphatic rings. The topological polar surface area (TPSA) is 46.3 Å². The highest BCUT2D eigenvalue weighted by molar-refractivity contribution is 5.76. The number of benzene rings is 1. The van der Waals surface area contributed by atoms with Crippen LogP contribution in [0.2, 0.25) is 0 Å². The second-order valence-corrected chi connectivity index (χ2v) is 5.82. The maximum Gasteiger partial charge on any atom is 0.390 e. The summed E-state index contributed by atoms with van der Waals surface area (Å²) >= 11 is 0. The quantitative estimate of drug-likeness (QED) is 0.741. The molecule has 0 N–H and O–H groups in total. The van der Waals surface area contributed by atoms with Gasteiger partial charge >= 0.3 is 6.18 Å². The van der Waals surface area contributed by atoms with Gasteiger partial charge in [-0.25, -0.2) is 4.98 Å². The van der Waals surface area contributed by atoms with Crippen molar-refractivity contribution in [1.29, 1.82) is 0 Å². The molecule has 1 aromatic carbocycles. The van der Waals surface area contributed by atoms with E-state index in [4.69, 9.17) is 4.42 Å². The monoisotopic (exact) mass is 354 g/mol. The highest BCUT2D eigenvalue weighted by atomic mass is 19.4. The summed E-state index contributed by atoms with van der Waals surface area (Å²) in [5.41, 5.74) is 2.02. The first-order valence-corrected chi connectivity index (χ1v) is 8.14. The standard InChI is InChI=1S/C18H21F3N2O2/c1-3-23(11-10-18(19,20)21)17(24)9-8-16-22-12-15(25-16)14-6-4-13(2)5-7-14/h4-7,12H,3,8-11H2,1-2H3. The van der Waals surface area contributed by atoms with Gasteiger partial charge in [-0.1, -0.05) is 29.8 Å². The van der Waals surface area contributed by atoms with Gasteiger partial charge < -0.3 is 9.32 Å². The first-order chi connectivity index (χ1) is 11.8. The summed E-state index contributed by atoms with van der Waals surface area (Å²) < 4.78 is 42.5. The van der Waals surface area contributed by atoms with Crippen LogP contribution in [0.1, 0.15) is 31.2 Å². The SMILES string of the molecule is CCN(CCC(F)(F)F)C(=O)CCc1ncc(-c2ccc(C)cc2)o1. The summed E-state index contributed by atoms with van der Waals surface area (Å²) in [6, 6.07) is 7.75. The second kappa shape index (κ2) is 8.18. The molecule has 0 aliphatic heterocycles. The van der Waals surface area contributed by atoms with Crippen molar-refractivity contribution >= 4 is 5.91 Å². The number of aromatic nitrogens is 1. The zero-order valence-corrected chi connectivity index (χ0v) is 14.3. The normalized spacial score (nSPS) is 11.6. The zero-order valence-electron chi connectivity index (χ0n) is 14.3. The number of carbonyl (C=O) groups is 1. The maximum absolute atomic E-state index is 12.3. The van der Waals surface area contributed by atoms with Crippen LogP contribution in [0.3, 0.4) is 0 Å². The third kappa shape index (κ3) is 5.92. The summed E-state index contributed by atoms with van der Waals surface area (Å²) in [7, 11) is 0. The average molecular weight is 354 g/mol. The highest BCUT2D eigenvalue weighted by Gasteiger charge is 2.28. The van der Waals surface area contributed by atoms with Crippen LogP contribution < -0.4 is 0 Å². The van der Waals surface area contributed by atoms with Crippen LogP contribution in [0.25, 0.3) is 11.3 Å². The smallest absolute Gasteiger partial charge is 0.390 e. The lowest BCUT2D eigenvalue weighted by Crippen LogP contribution is -2.34. The minimum Gasteiger partial charge on any atom is -0.441 e. The molecule has 4 nitrogen and oxygen atoms in total. The number of amides is 1. The summed E-state index contributed by atoms with van der Waals surface area (Å²) in [6.07, 6.45) is -3.35. The van der Waals surface area contributed by atoms with Crippen molar-refractivity contribution in [2.45, 2.75) is 39.3 Å². The van der Waals surface area contributed by atoms with E-state index in [2.05, 4.69) is 4.98 Å². The fourth-order valence-electron chi connectivity index (χ4n) is 2.37. The van der Waals surface area contributed by atoms with Crippen LogP contribution >= 0.6 is 0 Å². The fraction of sp³-hybridized carbons (Fsp3) is 0.444. The van der Waals surface area contributed by atoms with Gasteiger partial charge in [0.25, 0.3) is 0 Å². The van der Waals surface area contributed by atoms with E-state index in [0.29, 0.717) is 11.7 Å². The van der Waals surface area contributed by atoms with Gasteiger partial charge in [-0.15, -0.1) is 0 Å². The van der Waals surface area contributed by atoms with Gasteiger partial charge in [0.1, 0.15) is 0 Å². The predicted molar refractivity (Wildman–Crippen MR) is 87.9 cm³/mol. The fourth-order valence-corrected chi connectivity index (χ4v) is 2.37. The number of halogens is 3. The molecular formula is C18H21F3N2O2. The Bertz CT molecular complexity index is 693. The first-order valence-electron chi connectivity index (χ1n) is 8.14. The van der Waals surface area contributed by atoms with Crippen molar-refractivity contribution in [3.05, 3.63) is 41.9 Å².